The van der Waals surface area contributed by atoms with E-state index < -0.39 is 20.6 Å². The van der Waals surface area contributed by atoms with Crippen LogP contribution in [0.4, 0.5) is 0 Å². The van der Waals surface area contributed by atoms with E-state index in [2.05, 4.69) is 0 Å². The molecule has 3 aromatic rings. The summed E-state index contributed by atoms with van der Waals surface area (Å²) in [5, 5.41) is 0. The summed E-state index contributed by atoms with van der Waals surface area (Å²) in [6.07, 6.45) is 0.299. The Morgan fingerprint density at radius 2 is 1.07 bits per heavy atom. The van der Waals surface area contributed by atoms with Crippen molar-refractivity contribution in [2.75, 3.05) is 0 Å². The molecule has 0 saturated carbocycles. The first-order valence-corrected chi connectivity index (χ1v) is 12.1. The zero-order valence-electron chi connectivity index (χ0n) is 16.4. The summed E-state index contributed by atoms with van der Waals surface area (Å²) in [6.45, 7) is 3.99. The third kappa shape index (κ3) is 6.71. The number of aryl methyl sites for hydroxylation is 2. The first kappa shape index (κ1) is 21.0. The molecular formula is C24H23IO4. The van der Waals surface area contributed by atoms with Crippen molar-refractivity contribution in [3.63, 3.8) is 0 Å². The number of halogens is 1. The van der Waals surface area contributed by atoms with E-state index in [1.807, 2.05) is 92.7 Å². The van der Waals surface area contributed by atoms with Crippen LogP contribution in [0.15, 0.2) is 78.9 Å². The maximum atomic E-state index is 12.5. The summed E-state index contributed by atoms with van der Waals surface area (Å²) in [4.78, 5) is 25.0. The van der Waals surface area contributed by atoms with Crippen LogP contribution in [0.1, 0.15) is 22.3 Å². The van der Waals surface area contributed by atoms with Crippen molar-refractivity contribution in [1.82, 2.24) is 0 Å². The molecule has 0 radical (unpaired) electrons. The molecule has 3 aromatic carbocycles. The van der Waals surface area contributed by atoms with Crippen LogP contribution < -0.4 is 0 Å². The fraction of sp³-hybridized carbons (Fsp3) is 0.167. The van der Waals surface area contributed by atoms with Gasteiger partial charge in [-0.1, -0.05) is 0 Å². The van der Waals surface area contributed by atoms with Gasteiger partial charge in [-0.3, -0.25) is 0 Å². The molecular weight excluding hydrogens is 479 g/mol. The van der Waals surface area contributed by atoms with Crippen molar-refractivity contribution < 1.29 is 15.7 Å². The van der Waals surface area contributed by atoms with Crippen LogP contribution in [0.3, 0.4) is 0 Å². The van der Waals surface area contributed by atoms with Crippen molar-refractivity contribution in [2.45, 2.75) is 26.7 Å². The molecule has 0 fully saturated rings. The second-order valence-corrected chi connectivity index (χ2v) is 10.1. The second kappa shape index (κ2) is 10.2. The van der Waals surface area contributed by atoms with Crippen LogP contribution in [0.25, 0.3) is 0 Å². The van der Waals surface area contributed by atoms with Crippen molar-refractivity contribution in [3.8, 4) is 0 Å². The Labute approximate surface area is 179 Å². The molecule has 0 aliphatic heterocycles. The van der Waals surface area contributed by atoms with Gasteiger partial charge in [0.2, 0.25) is 0 Å². The molecule has 0 amide bonds. The minimum atomic E-state index is -2.92. The average molecular weight is 502 g/mol. The molecule has 0 saturated heterocycles. The Hall–Kier alpha value is -2.67. The summed E-state index contributed by atoms with van der Waals surface area (Å²) in [7, 11) is 0. The number of benzene rings is 3. The molecule has 0 spiro atoms. The molecule has 0 aliphatic rings. The van der Waals surface area contributed by atoms with Crippen LogP contribution in [-0.2, 0) is 28.6 Å². The fourth-order valence-corrected chi connectivity index (χ4v) is 5.38. The van der Waals surface area contributed by atoms with E-state index in [-0.39, 0.29) is 24.8 Å². The molecule has 0 atom stereocenters. The van der Waals surface area contributed by atoms with Gasteiger partial charge < -0.3 is 0 Å². The van der Waals surface area contributed by atoms with E-state index in [1.54, 1.807) is 0 Å². The Morgan fingerprint density at radius 1 is 0.655 bits per heavy atom. The summed E-state index contributed by atoms with van der Waals surface area (Å²) < 4.78 is 12.1. The van der Waals surface area contributed by atoms with Gasteiger partial charge in [0, 0.05) is 0 Å². The van der Waals surface area contributed by atoms with Gasteiger partial charge in [-0.05, 0) is 0 Å². The Kier molecular flexibility index (Phi) is 7.41. The van der Waals surface area contributed by atoms with Gasteiger partial charge in [-0.25, -0.2) is 0 Å². The van der Waals surface area contributed by atoms with E-state index >= 15 is 0 Å². The van der Waals surface area contributed by atoms with Gasteiger partial charge >= 0.3 is 180 Å². The van der Waals surface area contributed by atoms with Crippen LogP contribution in [-0.4, -0.2) is 11.9 Å². The molecule has 0 aromatic heterocycles. The van der Waals surface area contributed by atoms with Crippen LogP contribution in [0.2, 0.25) is 0 Å². The van der Waals surface area contributed by atoms with Crippen LogP contribution >= 0.6 is 20.6 Å². The van der Waals surface area contributed by atoms with Gasteiger partial charge in [0.1, 0.15) is 0 Å². The van der Waals surface area contributed by atoms with E-state index in [4.69, 9.17) is 6.13 Å². The zero-order valence-corrected chi connectivity index (χ0v) is 18.6. The number of hydrogen-bond donors (Lipinski definition) is 0. The Bertz CT molecular complexity index is 889. The normalized spacial score (nSPS) is 10.9. The van der Waals surface area contributed by atoms with Crippen molar-refractivity contribution >= 4 is 32.6 Å². The van der Waals surface area contributed by atoms with Gasteiger partial charge in [-0.2, -0.15) is 0 Å². The SMILES string of the molecule is Cc1ccc(CC(=O)OI(OC(=O)Cc2ccc(C)cc2)c2ccccc2)cc1. The minimum absolute atomic E-state index is 0.149. The van der Waals surface area contributed by atoms with Gasteiger partial charge in [0.15, 0.2) is 0 Å². The molecule has 0 bridgehead atoms. The number of rotatable bonds is 7. The molecule has 0 unspecified atom stereocenters. The van der Waals surface area contributed by atoms with E-state index in [0.717, 1.165) is 25.8 Å². The predicted molar refractivity (Wildman–Crippen MR) is 121 cm³/mol. The number of carbonyl (C=O) groups is 2. The first-order chi connectivity index (χ1) is 14.0. The maximum absolute atomic E-state index is 12.5. The molecule has 4 nitrogen and oxygen atoms in total. The van der Waals surface area contributed by atoms with Crippen LogP contribution in [0.5, 0.6) is 0 Å². The average Bonchev–Trinajstić information content (AvgIpc) is 2.71. The molecule has 5 heteroatoms. The molecule has 0 heterocycles. The summed E-state index contributed by atoms with van der Waals surface area (Å²) in [5.41, 5.74) is 4.00. The van der Waals surface area contributed by atoms with E-state index in [1.165, 1.54) is 0 Å². The summed E-state index contributed by atoms with van der Waals surface area (Å²) in [5.74, 6) is -0.767. The fourth-order valence-electron chi connectivity index (χ4n) is 2.58. The topological polar surface area (TPSA) is 52.6 Å². The quantitative estimate of drug-likeness (QED) is 0.407. The molecule has 0 N–H and O–H groups in total. The number of carbonyl (C=O) groups excluding carboxylic acids is 2. The van der Waals surface area contributed by atoms with Gasteiger partial charge in [0.25, 0.3) is 0 Å². The zero-order chi connectivity index (χ0) is 20.6. The first-order valence-electron chi connectivity index (χ1n) is 9.28. The van der Waals surface area contributed by atoms with Crippen LogP contribution in [0, 0.1) is 17.4 Å². The van der Waals surface area contributed by atoms with E-state index in [0.29, 0.717) is 0 Å². The van der Waals surface area contributed by atoms with Gasteiger partial charge in [0.05, 0.1) is 0 Å². The van der Waals surface area contributed by atoms with E-state index in [9.17, 15) is 9.59 Å². The van der Waals surface area contributed by atoms with Crippen molar-refractivity contribution in [1.29, 1.82) is 0 Å². The monoisotopic (exact) mass is 502 g/mol. The molecule has 3 rings (SSSR count). The molecule has 29 heavy (non-hydrogen) atoms. The summed E-state index contributed by atoms with van der Waals surface area (Å²) >= 11 is -2.92. The third-order valence-electron chi connectivity index (χ3n) is 4.16. The Balaban J connectivity index is 1.67. The third-order valence-corrected chi connectivity index (χ3v) is 7.68. The summed E-state index contributed by atoms with van der Waals surface area (Å²) in [6, 6.07) is 24.7. The standard InChI is InChI=1S/C24H23IO4/c1-18-8-12-20(13-9-18)16-23(26)28-25(22-6-4-3-5-7-22)29-24(27)17-21-14-10-19(2)11-15-21/h3-15H,16-17H2,1-2H3. The van der Waals surface area contributed by atoms with Crippen molar-refractivity contribution in [3.05, 3.63) is 105 Å². The number of hydrogen-bond acceptors (Lipinski definition) is 4. The molecule has 150 valence electrons. The van der Waals surface area contributed by atoms with Gasteiger partial charge in [-0.15, -0.1) is 0 Å². The molecule has 0 aliphatic carbocycles. The predicted octanol–water partition coefficient (Wildman–Crippen LogP) is 5.38. The second-order valence-electron chi connectivity index (χ2n) is 6.74. The Morgan fingerprint density at radius 3 is 1.48 bits per heavy atom. The van der Waals surface area contributed by atoms with Crippen molar-refractivity contribution in [2.24, 2.45) is 0 Å².